The van der Waals surface area contributed by atoms with Gasteiger partial charge in [-0.2, -0.15) is 0 Å². The van der Waals surface area contributed by atoms with Gasteiger partial charge in [0, 0.05) is 25.2 Å². The van der Waals surface area contributed by atoms with Crippen molar-refractivity contribution in [3.05, 3.63) is 57.6 Å². The second-order valence-electron chi connectivity index (χ2n) is 6.79. The summed E-state index contributed by atoms with van der Waals surface area (Å²) in [7, 11) is -1.86. The Balaban J connectivity index is 1.83. The number of nitro groups is 1. The van der Waals surface area contributed by atoms with Crippen LogP contribution in [-0.2, 0) is 14.6 Å². The highest BCUT2D eigenvalue weighted by molar-refractivity contribution is 7.91. The molecule has 2 aromatic carbocycles. The Labute approximate surface area is 158 Å². The van der Waals surface area contributed by atoms with Crippen LogP contribution in [0.1, 0.15) is 17.5 Å². The van der Waals surface area contributed by atoms with Gasteiger partial charge in [-0.05, 0) is 49.6 Å². The summed E-state index contributed by atoms with van der Waals surface area (Å²) < 4.78 is 36.3. The first-order valence-corrected chi connectivity index (χ1v) is 10.2. The number of nitro benzene ring substituents is 1. The molecule has 2 unspecified atom stereocenters. The lowest BCUT2D eigenvalue weighted by Gasteiger charge is -2.13. The fraction of sp³-hybridized carbons (Fsp3) is 0.368. The summed E-state index contributed by atoms with van der Waals surface area (Å²) in [4.78, 5) is 10.7. The molecular weight excluding hydrogens is 370 g/mol. The summed E-state index contributed by atoms with van der Waals surface area (Å²) in [6, 6.07) is 9.18. The molecule has 0 aliphatic heterocycles. The van der Waals surface area contributed by atoms with Crippen LogP contribution in [0.5, 0.6) is 11.5 Å². The Kier molecular flexibility index (Phi) is 5.21. The van der Waals surface area contributed by atoms with Crippen molar-refractivity contribution in [2.75, 3.05) is 12.9 Å². The minimum atomic E-state index is -3.44. The van der Waals surface area contributed by atoms with E-state index >= 15 is 0 Å². The Hall–Kier alpha value is -2.45. The largest absolute Gasteiger partial charge is 0.457 e. The van der Waals surface area contributed by atoms with Crippen molar-refractivity contribution >= 4 is 15.5 Å². The first kappa shape index (κ1) is 19.3. The molecule has 0 heterocycles. The summed E-state index contributed by atoms with van der Waals surface area (Å²) in [6.45, 7) is 3.43. The van der Waals surface area contributed by atoms with Gasteiger partial charge in [-0.15, -0.1) is 0 Å². The number of hydrogen-bond acceptors (Lipinski definition) is 6. The fourth-order valence-electron chi connectivity index (χ4n) is 3.10. The third-order valence-corrected chi connectivity index (χ3v) is 6.47. The molecule has 27 heavy (non-hydrogen) atoms. The van der Waals surface area contributed by atoms with Crippen LogP contribution >= 0.6 is 0 Å². The lowest BCUT2D eigenvalue weighted by molar-refractivity contribution is -0.385. The van der Waals surface area contributed by atoms with Gasteiger partial charge in [0.2, 0.25) is 0 Å². The predicted octanol–water partition coefficient (Wildman–Crippen LogP) is 3.81. The van der Waals surface area contributed by atoms with Gasteiger partial charge in [0.1, 0.15) is 11.5 Å². The van der Waals surface area contributed by atoms with Crippen molar-refractivity contribution in [3.8, 4) is 11.5 Å². The second kappa shape index (κ2) is 7.28. The molecule has 0 spiro atoms. The van der Waals surface area contributed by atoms with Crippen molar-refractivity contribution in [2.24, 2.45) is 5.92 Å². The third-order valence-electron chi connectivity index (χ3n) is 4.63. The van der Waals surface area contributed by atoms with Crippen LogP contribution in [0, 0.1) is 29.9 Å². The number of nitrogens with zero attached hydrogens (tertiary/aromatic N) is 1. The van der Waals surface area contributed by atoms with Crippen molar-refractivity contribution in [1.82, 2.24) is 0 Å². The van der Waals surface area contributed by atoms with E-state index in [1.54, 1.807) is 39.2 Å². The van der Waals surface area contributed by atoms with Crippen molar-refractivity contribution in [2.45, 2.75) is 31.3 Å². The Morgan fingerprint density at radius 2 is 1.85 bits per heavy atom. The molecule has 1 aliphatic carbocycles. The van der Waals surface area contributed by atoms with Crippen molar-refractivity contribution in [1.29, 1.82) is 0 Å². The first-order valence-electron chi connectivity index (χ1n) is 8.50. The number of non-ortho nitro benzene ring substituents is 1. The van der Waals surface area contributed by atoms with E-state index < -0.39 is 14.8 Å². The highest BCUT2D eigenvalue weighted by Crippen LogP contribution is 2.37. The smallest absolute Gasteiger partial charge is 0.270 e. The molecular formula is C19H21NO6S. The molecule has 1 aliphatic rings. The summed E-state index contributed by atoms with van der Waals surface area (Å²) >= 11 is 0. The molecule has 7 nitrogen and oxygen atoms in total. The number of hydrogen-bond donors (Lipinski definition) is 0. The standard InChI is InChI=1S/C19H21NO6S/c1-12-7-15(20(21)22)8-13(2)19(12)26-16-5-4-6-17(10-16)27(23,24)11-14-9-18(14)25-3/h4-8,10,14,18H,9,11H2,1-3H3. The zero-order chi connectivity index (χ0) is 19.8. The van der Waals surface area contributed by atoms with Crippen LogP contribution in [0.15, 0.2) is 41.3 Å². The number of methoxy groups -OCH3 is 1. The summed E-state index contributed by atoms with van der Waals surface area (Å²) in [6.07, 6.45) is 0.775. The highest BCUT2D eigenvalue weighted by Gasteiger charge is 2.41. The lowest BCUT2D eigenvalue weighted by Crippen LogP contribution is -2.11. The first-order chi connectivity index (χ1) is 12.7. The topological polar surface area (TPSA) is 95.7 Å². The van der Waals surface area contributed by atoms with Gasteiger partial charge in [-0.1, -0.05) is 6.07 Å². The van der Waals surface area contributed by atoms with Crippen LogP contribution in [0.4, 0.5) is 5.69 Å². The van der Waals surface area contributed by atoms with Crippen molar-refractivity contribution in [3.63, 3.8) is 0 Å². The Morgan fingerprint density at radius 3 is 2.41 bits per heavy atom. The third kappa shape index (κ3) is 4.28. The van der Waals surface area contributed by atoms with E-state index in [2.05, 4.69) is 0 Å². The number of rotatable bonds is 7. The molecule has 144 valence electrons. The molecule has 1 fully saturated rings. The number of sulfone groups is 1. The normalized spacial score (nSPS) is 18.9. The molecule has 8 heteroatoms. The van der Waals surface area contributed by atoms with Gasteiger partial charge < -0.3 is 9.47 Å². The fourth-order valence-corrected chi connectivity index (χ4v) is 4.79. The zero-order valence-corrected chi connectivity index (χ0v) is 16.2. The maximum atomic E-state index is 12.6. The van der Waals surface area contributed by atoms with Gasteiger partial charge in [0.15, 0.2) is 9.84 Å². The van der Waals surface area contributed by atoms with Crippen LogP contribution in [-0.4, -0.2) is 32.3 Å². The molecule has 0 bridgehead atoms. The number of aryl methyl sites for hydroxylation is 2. The van der Waals surface area contributed by atoms with Gasteiger partial charge in [-0.25, -0.2) is 8.42 Å². The average molecular weight is 391 g/mol. The SMILES string of the molecule is COC1CC1CS(=O)(=O)c1cccc(Oc2c(C)cc([N+](=O)[O-])cc2C)c1. The maximum absolute atomic E-state index is 12.6. The van der Waals surface area contributed by atoms with Gasteiger partial charge in [0.05, 0.1) is 21.7 Å². The molecule has 1 saturated carbocycles. The van der Waals surface area contributed by atoms with Crippen molar-refractivity contribution < 1.29 is 22.8 Å². The monoisotopic (exact) mass is 391 g/mol. The highest BCUT2D eigenvalue weighted by atomic mass is 32.2. The molecule has 0 radical (unpaired) electrons. The summed E-state index contributed by atoms with van der Waals surface area (Å²) in [5.41, 5.74) is 1.21. The van der Waals surface area contributed by atoms with E-state index in [1.807, 2.05) is 0 Å². The van der Waals surface area contributed by atoms with Crippen LogP contribution in [0.25, 0.3) is 0 Å². The lowest BCUT2D eigenvalue weighted by atomic mass is 10.1. The van der Waals surface area contributed by atoms with E-state index in [0.29, 0.717) is 22.6 Å². The van der Waals surface area contributed by atoms with E-state index in [0.717, 1.165) is 6.42 Å². The van der Waals surface area contributed by atoms with Gasteiger partial charge in [-0.3, -0.25) is 10.1 Å². The molecule has 2 aromatic rings. The molecule has 3 rings (SSSR count). The van der Waals surface area contributed by atoms with Crippen LogP contribution in [0.2, 0.25) is 0 Å². The van der Waals surface area contributed by atoms with E-state index in [4.69, 9.17) is 9.47 Å². The van der Waals surface area contributed by atoms with Gasteiger partial charge >= 0.3 is 0 Å². The molecule has 0 amide bonds. The minimum absolute atomic E-state index is 0.00851. The molecule has 0 saturated heterocycles. The summed E-state index contributed by atoms with van der Waals surface area (Å²) in [5, 5.41) is 11.0. The maximum Gasteiger partial charge on any atom is 0.270 e. The van der Waals surface area contributed by atoms with E-state index in [1.165, 1.54) is 18.2 Å². The Bertz CT molecular complexity index is 962. The molecule has 2 atom stereocenters. The number of ether oxygens (including phenoxy) is 2. The van der Waals surface area contributed by atoms with Crippen LogP contribution < -0.4 is 4.74 Å². The molecule has 0 N–H and O–H groups in total. The minimum Gasteiger partial charge on any atom is -0.457 e. The Morgan fingerprint density at radius 1 is 1.19 bits per heavy atom. The van der Waals surface area contributed by atoms with Crippen LogP contribution in [0.3, 0.4) is 0 Å². The molecule has 0 aromatic heterocycles. The number of benzene rings is 2. The predicted molar refractivity (Wildman–Crippen MR) is 100 cm³/mol. The average Bonchev–Trinajstić information content (AvgIpc) is 3.35. The quantitative estimate of drug-likeness (QED) is 0.526. The van der Waals surface area contributed by atoms with E-state index in [9.17, 15) is 18.5 Å². The van der Waals surface area contributed by atoms with E-state index in [-0.39, 0.29) is 28.4 Å². The second-order valence-corrected chi connectivity index (χ2v) is 8.83. The van der Waals surface area contributed by atoms with Gasteiger partial charge in [0.25, 0.3) is 5.69 Å². The zero-order valence-electron chi connectivity index (χ0n) is 15.3. The summed E-state index contributed by atoms with van der Waals surface area (Å²) in [5.74, 6) is 0.931.